The lowest BCUT2D eigenvalue weighted by atomic mass is 9.96. The van der Waals surface area contributed by atoms with E-state index < -0.39 is 6.04 Å². The number of piperazine rings is 1. The summed E-state index contributed by atoms with van der Waals surface area (Å²) in [6, 6.07) is 19.5. The standard InChI is InChI=1S/C27H24F2IN3O2/c28-20-5-1-18(2-6-20)26(19-3-7-21(29)8-4-19)32-15-13-31(14-16-32)24-17-25(34)33(27(24)35)23-11-9-22(30)10-12-23/h1-12,24,26H,13-17H2/t24-/m1/s1. The monoisotopic (exact) mass is 587 g/mol. The summed E-state index contributed by atoms with van der Waals surface area (Å²) in [5.74, 6) is -0.977. The van der Waals surface area contributed by atoms with E-state index in [-0.39, 0.29) is 35.9 Å². The van der Waals surface area contributed by atoms with Crippen LogP contribution >= 0.6 is 22.6 Å². The van der Waals surface area contributed by atoms with E-state index in [9.17, 15) is 18.4 Å². The Bertz CT molecular complexity index is 1170. The van der Waals surface area contributed by atoms with Crippen LogP contribution in [0.1, 0.15) is 23.6 Å². The van der Waals surface area contributed by atoms with Crippen LogP contribution < -0.4 is 4.90 Å². The lowest BCUT2D eigenvalue weighted by Gasteiger charge is -2.41. The highest BCUT2D eigenvalue weighted by molar-refractivity contribution is 14.1. The molecule has 5 rings (SSSR count). The molecule has 1 atom stereocenters. The van der Waals surface area contributed by atoms with Gasteiger partial charge in [-0.3, -0.25) is 19.4 Å². The van der Waals surface area contributed by atoms with Crippen LogP contribution in [0.25, 0.3) is 0 Å². The van der Waals surface area contributed by atoms with E-state index in [1.54, 1.807) is 36.4 Å². The van der Waals surface area contributed by atoms with Crippen LogP contribution in [0.15, 0.2) is 72.8 Å². The summed E-state index contributed by atoms with van der Waals surface area (Å²) in [6.45, 7) is 2.54. The van der Waals surface area contributed by atoms with Gasteiger partial charge in [0.2, 0.25) is 5.91 Å². The summed E-state index contributed by atoms with van der Waals surface area (Å²) in [5.41, 5.74) is 2.45. The van der Waals surface area contributed by atoms with E-state index in [1.165, 1.54) is 29.2 Å². The molecule has 3 aromatic rings. The molecule has 0 spiro atoms. The van der Waals surface area contributed by atoms with Crippen molar-refractivity contribution in [1.29, 1.82) is 0 Å². The van der Waals surface area contributed by atoms with Crippen LogP contribution in [0, 0.1) is 15.2 Å². The highest BCUT2D eigenvalue weighted by atomic mass is 127. The number of nitrogens with zero attached hydrogens (tertiary/aromatic N) is 3. The fourth-order valence-corrected chi connectivity index (χ4v) is 5.33. The highest BCUT2D eigenvalue weighted by Gasteiger charge is 2.43. The predicted octanol–water partition coefficient (Wildman–Crippen LogP) is 4.61. The van der Waals surface area contributed by atoms with E-state index in [4.69, 9.17) is 0 Å². The molecule has 0 saturated carbocycles. The number of carbonyl (C=O) groups is 2. The van der Waals surface area contributed by atoms with Gasteiger partial charge in [0, 0.05) is 29.7 Å². The maximum atomic E-state index is 13.6. The SMILES string of the molecule is O=C1C[C@@H](N2CCN(C(c3ccc(F)cc3)c3ccc(F)cc3)CC2)C(=O)N1c1ccc(I)cc1. The Balaban J connectivity index is 1.32. The summed E-state index contributed by atoms with van der Waals surface area (Å²) in [4.78, 5) is 31.6. The van der Waals surface area contributed by atoms with Gasteiger partial charge in [0.15, 0.2) is 0 Å². The zero-order valence-corrected chi connectivity index (χ0v) is 21.1. The molecular weight excluding hydrogens is 563 g/mol. The molecule has 5 nitrogen and oxygen atoms in total. The molecule has 2 heterocycles. The Morgan fingerprint density at radius 1 is 0.743 bits per heavy atom. The second kappa shape index (κ2) is 10.1. The number of anilines is 1. The van der Waals surface area contributed by atoms with E-state index in [2.05, 4.69) is 32.4 Å². The predicted molar refractivity (Wildman–Crippen MR) is 138 cm³/mol. The van der Waals surface area contributed by atoms with Crippen molar-refractivity contribution < 1.29 is 18.4 Å². The first kappa shape index (κ1) is 24.0. The zero-order chi connectivity index (χ0) is 24.5. The smallest absolute Gasteiger partial charge is 0.251 e. The van der Waals surface area contributed by atoms with Gasteiger partial charge < -0.3 is 0 Å². The summed E-state index contributed by atoms with van der Waals surface area (Å²) in [5, 5.41) is 0. The minimum atomic E-state index is -0.473. The summed E-state index contributed by atoms with van der Waals surface area (Å²) in [6.07, 6.45) is 0.171. The number of hydrogen-bond donors (Lipinski definition) is 0. The van der Waals surface area contributed by atoms with Crippen molar-refractivity contribution in [2.24, 2.45) is 0 Å². The first-order valence-corrected chi connectivity index (χ1v) is 12.6. The van der Waals surface area contributed by atoms with E-state index >= 15 is 0 Å². The number of carbonyl (C=O) groups excluding carboxylic acids is 2. The van der Waals surface area contributed by atoms with E-state index in [1.807, 2.05) is 12.1 Å². The van der Waals surface area contributed by atoms with Gasteiger partial charge in [0.25, 0.3) is 5.91 Å². The van der Waals surface area contributed by atoms with E-state index in [0.717, 1.165) is 14.7 Å². The fourth-order valence-electron chi connectivity index (χ4n) is 4.97. The van der Waals surface area contributed by atoms with Gasteiger partial charge in [0.1, 0.15) is 11.6 Å². The molecule has 2 aliphatic heterocycles. The lowest BCUT2D eigenvalue weighted by Crippen LogP contribution is -2.53. The van der Waals surface area contributed by atoms with Crippen molar-refractivity contribution in [2.45, 2.75) is 18.5 Å². The summed E-state index contributed by atoms with van der Waals surface area (Å²) < 4.78 is 28.2. The van der Waals surface area contributed by atoms with Crippen LogP contribution in [-0.2, 0) is 9.59 Å². The molecule has 2 amide bonds. The van der Waals surface area contributed by atoms with Crippen molar-refractivity contribution in [1.82, 2.24) is 9.80 Å². The molecule has 35 heavy (non-hydrogen) atoms. The second-order valence-electron chi connectivity index (χ2n) is 8.84. The van der Waals surface area contributed by atoms with Gasteiger partial charge in [-0.25, -0.2) is 13.7 Å². The molecule has 0 aromatic heterocycles. The third-order valence-electron chi connectivity index (χ3n) is 6.73. The van der Waals surface area contributed by atoms with Crippen molar-refractivity contribution in [3.63, 3.8) is 0 Å². The van der Waals surface area contributed by atoms with Gasteiger partial charge in [-0.1, -0.05) is 24.3 Å². The van der Waals surface area contributed by atoms with Gasteiger partial charge in [-0.15, -0.1) is 0 Å². The largest absolute Gasteiger partial charge is 0.290 e. The Hall–Kier alpha value is -2.69. The van der Waals surface area contributed by atoms with Crippen molar-refractivity contribution in [2.75, 3.05) is 31.1 Å². The average molecular weight is 587 g/mol. The number of amides is 2. The third kappa shape index (κ3) is 5.00. The van der Waals surface area contributed by atoms with Gasteiger partial charge in [-0.05, 0) is 82.2 Å². The number of imide groups is 1. The highest BCUT2D eigenvalue weighted by Crippen LogP contribution is 2.32. The number of rotatable bonds is 5. The Morgan fingerprint density at radius 3 is 1.77 bits per heavy atom. The van der Waals surface area contributed by atoms with Crippen molar-refractivity contribution in [3.05, 3.63) is 99.1 Å². The van der Waals surface area contributed by atoms with E-state index in [0.29, 0.717) is 31.9 Å². The number of hydrogen-bond acceptors (Lipinski definition) is 4. The molecule has 2 fully saturated rings. The zero-order valence-electron chi connectivity index (χ0n) is 18.9. The molecule has 0 radical (unpaired) electrons. The van der Waals surface area contributed by atoms with Gasteiger partial charge >= 0.3 is 0 Å². The molecular formula is C27H24F2IN3O2. The molecule has 2 aliphatic rings. The van der Waals surface area contributed by atoms with Crippen molar-refractivity contribution >= 4 is 40.1 Å². The van der Waals surface area contributed by atoms with Crippen LogP contribution in [0.3, 0.4) is 0 Å². The third-order valence-corrected chi connectivity index (χ3v) is 7.45. The molecule has 0 unspecified atom stereocenters. The molecule has 180 valence electrons. The normalized spacial score (nSPS) is 19.7. The molecule has 2 saturated heterocycles. The van der Waals surface area contributed by atoms with Gasteiger partial charge in [0.05, 0.1) is 24.2 Å². The number of halogens is 3. The topological polar surface area (TPSA) is 43.9 Å². The first-order valence-electron chi connectivity index (χ1n) is 11.5. The lowest BCUT2D eigenvalue weighted by molar-refractivity contribution is -0.123. The second-order valence-corrected chi connectivity index (χ2v) is 10.1. The maximum Gasteiger partial charge on any atom is 0.251 e. The Kier molecular flexibility index (Phi) is 6.95. The quantitative estimate of drug-likeness (QED) is 0.323. The molecule has 0 aliphatic carbocycles. The minimum absolute atomic E-state index is 0.164. The van der Waals surface area contributed by atoms with Gasteiger partial charge in [-0.2, -0.15) is 0 Å². The van der Waals surface area contributed by atoms with Crippen LogP contribution in [0.2, 0.25) is 0 Å². The maximum absolute atomic E-state index is 13.6. The summed E-state index contributed by atoms with van der Waals surface area (Å²) >= 11 is 2.19. The Morgan fingerprint density at radius 2 is 1.26 bits per heavy atom. The molecule has 3 aromatic carbocycles. The molecule has 8 heteroatoms. The van der Waals surface area contributed by atoms with Crippen LogP contribution in [0.5, 0.6) is 0 Å². The van der Waals surface area contributed by atoms with Crippen LogP contribution in [-0.4, -0.2) is 53.8 Å². The fraction of sp³-hybridized carbons (Fsp3) is 0.259. The van der Waals surface area contributed by atoms with Crippen LogP contribution in [0.4, 0.5) is 14.5 Å². The molecule has 0 N–H and O–H groups in total. The van der Waals surface area contributed by atoms with Crippen molar-refractivity contribution in [3.8, 4) is 0 Å². The number of benzene rings is 3. The molecule has 0 bridgehead atoms. The summed E-state index contributed by atoms with van der Waals surface area (Å²) in [7, 11) is 0. The average Bonchev–Trinajstić information content (AvgIpc) is 3.16. The first-order chi connectivity index (χ1) is 16.9. The Labute approximate surface area is 216 Å². The minimum Gasteiger partial charge on any atom is -0.290 e.